The lowest BCUT2D eigenvalue weighted by atomic mass is 10.2. The Kier molecular flexibility index (Phi) is 6.01. The fraction of sp³-hybridized carbons (Fsp3) is 0.0952. The minimum atomic E-state index is -0.578. The van der Waals surface area contributed by atoms with E-state index in [0.717, 1.165) is 11.8 Å². The fourth-order valence-corrected chi connectivity index (χ4v) is 2.82. The third kappa shape index (κ3) is 4.35. The summed E-state index contributed by atoms with van der Waals surface area (Å²) in [5, 5.41) is 2.49. The van der Waals surface area contributed by atoms with Gasteiger partial charge < -0.3 is 10.2 Å². The zero-order valence-corrected chi connectivity index (χ0v) is 15.8. The molecule has 5 nitrogen and oxygen atoms in total. The van der Waals surface area contributed by atoms with Gasteiger partial charge in [-0.1, -0.05) is 35.9 Å². The van der Waals surface area contributed by atoms with Crippen LogP contribution in [0, 0.1) is 5.82 Å². The standard InChI is InChI=1S/C21H17ClFN3O2/c1-2-26(15-7-4-3-5-8-15)21(28)19-10-6-9-18(25-19)20(27)24-14-11-12-17(23)16(22)13-14/h3-13H,2H2,1H3,(H,24,27). The zero-order chi connectivity index (χ0) is 20.1. The highest BCUT2D eigenvalue weighted by Gasteiger charge is 2.19. The molecule has 1 heterocycles. The van der Waals surface area contributed by atoms with Gasteiger partial charge in [0.15, 0.2) is 0 Å². The summed E-state index contributed by atoms with van der Waals surface area (Å²) in [5.74, 6) is -1.42. The highest BCUT2D eigenvalue weighted by atomic mass is 35.5. The van der Waals surface area contributed by atoms with E-state index >= 15 is 0 Å². The van der Waals surface area contributed by atoms with Crippen molar-refractivity contribution >= 4 is 34.8 Å². The number of anilines is 2. The van der Waals surface area contributed by atoms with Crippen LogP contribution in [0.1, 0.15) is 27.9 Å². The van der Waals surface area contributed by atoms with Gasteiger partial charge in [0.05, 0.1) is 5.02 Å². The van der Waals surface area contributed by atoms with Crippen molar-refractivity contribution in [3.8, 4) is 0 Å². The molecule has 1 aromatic heterocycles. The molecule has 28 heavy (non-hydrogen) atoms. The first-order valence-electron chi connectivity index (χ1n) is 8.60. The van der Waals surface area contributed by atoms with Gasteiger partial charge in [0.25, 0.3) is 11.8 Å². The maximum atomic E-state index is 13.3. The number of hydrogen-bond acceptors (Lipinski definition) is 3. The van der Waals surface area contributed by atoms with Crippen molar-refractivity contribution in [2.45, 2.75) is 6.92 Å². The molecule has 0 saturated carbocycles. The third-order valence-electron chi connectivity index (χ3n) is 4.01. The van der Waals surface area contributed by atoms with Gasteiger partial charge in [-0.25, -0.2) is 9.37 Å². The average Bonchev–Trinajstić information content (AvgIpc) is 2.72. The van der Waals surface area contributed by atoms with E-state index in [1.807, 2.05) is 37.3 Å². The first-order chi connectivity index (χ1) is 13.5. The van der Waals surface area contributed by atoms with Gasteiger partial charge in [-0.15, -0.1) is 0 Å². The van der Waals surface area contributed by atoms with Crippen LogP contribution < -0.4 is 10.2 Å². The first-order valence-corrected chi connectivity index (χ1v) is 8.97. The number of hydrogen-bond donors (Lipinski definition) is 1. The van der Waals surface area contributed by atoms with Crippen molar-refractivity contribution in [3.63, 3.8) is 0 Å². The van der Waals surface area contributed by atoms with E-state index in [9.17, 15) is 14.0 Å². The molecule has 0 aliphatic heterocycles. The highest BCUT2D eigenvalue weighted by Crippen LogP contribution is 2.20. The molecule has 142 valence electrons. The van der Waals surface area contributed by atoms with E-state index in [0.29, 0.717) is 12.2 Å². The Hall–Kier alpha value is -3.25. The molecule has 0 spiro atoms. The first kappa shape index (κ1) is 19.5. The summed E-state index contributed by atoms with van der Waals surface area (Å²) in [5.41, 5.74) is 1.29. The van der Waals surface area contributed by atoms with Crippen LogP contribution in [0.5, 0.6) is 0 Å². The number of aromatic nitrogens is 1. The molecule has 0 fully saturated rings. The Labute approximate surface area is 166 Å². The molecular weight excluding hydrogens is 381 g/mol. The molecule has 0 radical (unpaired) electrons. The number of halogens is 2. The number of carbonyl (C=O) groups is 2. The normalized spacial score (nSPS) is 10.4. The van der Waals surface area contributed by atoms with E-state index in [-0.39, 0.29) is 22.3 Å². The lowest BCUT2D eigenvalue weighted by molar-refractivity contribution is 0.0983. The molecule has 2 amide bonds. The molecular formula is C21H17ClFN3O2. The lowest BCUT2D eigenvalue weighted by Crippen LogP contribution is -2.31. The Morgan fingerprint density at radius 2 is 1.75 bits per heavy atom. The predicted molar refractivity (Wildman–Crippen MR) is 107 cm³/mol. The number of pyridine rings is 1. The summed E-state index contributed by atoms with van der Waals surface area (Å²) in [7, 11) is 0. The number of carbonyl (C=O) groups excluding carboxylic acids is 2. The summed E-state index contributed by atoms with van der Waals surface area (Å²) in [4.78, 5) is 31.1. The molecule has 0 bridgehead atoms. The molecule has 0 aliphatic carbocycles. The second-order valence-electron chi connectivity index (χ2n) is 5.88. The van der Waals surface area contributed by atoms with Crippen LogP contribution in [0.4, 0.5) is 15.8 Å². The Morgan fingerprint density at radius 1 is 1.04 bits per heavy atom. The minimum Gasteiger partial charge on any atom is -0.321 e. The van der Waals surface area contributed by atoms with Gasteiger partial charge in [0, 0.05) is 17.9 Å². The van der Waals surface area contributed by atoms with Crippen LogP contribution in [0.2, 0.25) is 5.02 Å². The number of rotatable bonds is 5. The zero-order valence-electron chi connectivity index (χ0n) is 15.0. The molecule has 2 aromatic carbocycles. The van der Waals surface area contributed by atoms with Crippen molar-refractivity contribution in [1.29, 1.82) is 0 Å². The lowest BCUT2D eigenvalue weighted by Gasteiger charge is -2.20. The molecule has 0 aliphatic rings. The number of nitrogens with zero attached hydrogens (tertiary/aromatic N) is 2. The molecule has 3 aromatic rings. The van der Waals surface area contributed by atoms with E-state index in [1.165, 1.54) is 18.2 Å². The average molecular weight is 398 g/mol. The van der Waals surface area contributed by atoms with E-state index < -0.39 is 11.7 Å². The third-order valence-corrected chi connectivity index (χ3v) is 4.30. The van der Waals surface area contributed by atoms with Crippen molar-refractivity contribution in [2.24, 2.45) is 0 Å². The second-order valence-corrected chi connectivity index (χ2v) is 6.28. The fourth-order valence-electron chi connectivity index (χ4n) is 2.64. The van der Waals surface area contributed by atoms with Crippen molar-refractivity contribution in [1.82, 2.24) is 4.98 Å². The van der Waals surface area contributed by atoms with Crippen LogP contribution in [0.25, 0.3) is 0 Å². The van der Waals surface area contributed by atoms with Gasteiger partial charge in [0.2, 0.25) is 0 Å². The number of nitrogens with one attached hydrogen (secondary N) is 1. The predicted octanol–water partition coefficient (Wildman–Crippen LogP) is 4.79. The van der Waals surface area contributed by atoms with Crippen molar-refractivity contribution in [2.75, 3.05) is 16.8 Å². The summed E-state index contributed by atoms with van der Waals surface area (Å²) >= 11 is 5.73. The topological polar surface area (TPSA) is 62.3 Å². The molecule has 0 saturated heterocycles. The Bertz CT molecular complexity index is 1010. The summed E-state index contributed by atoms with van der Waals surface area (Å²) in [6.45, 7) is 2.31. The maximum Gasteiger partial charge on any atom is 0.276 e. The van der Waals surface area contributed by atoms with Crippen LogP contribution >= 0.6 is 11.6 Å². The van der Waals surface area contributed by atoms with Gasteiger partial charge >= 0.3 is 0 Å². The Morgan fingerprint density at radius 3 is 2.43 bits per heavy atom. The van der Waals surface area contributed by atoms with Crippen LogP contribution in [0.15, 0.2) is 66.7 Å². The van der Waals surface area contributed by atoms with Gasteiger partial charge in [-0.05, 0) is 49.4 Å². The Balaban J connectivity index is 1.81. The number of para-hydroxylation sites is 1. The highest BCUT2D eigenvalue weighted by molar-refractivity contribution is 6.31. The summed E-state index contributed by atoms with van der Waals surface area (Å²) in [6.07, 6.45) is 0. The van der Waals surface area contributed by atoms with Gasteiger partial charge in [-0.2, -0.15) is 0 Å². The molecule has 7 heteroatoms. The van der Waals surface area contributed by atoms with E-state index in [2.05, 4.69) is 10.3 Å². The van der Waals surface area contributed by atoms with Crippen LogP contribution in [-0.4, -0.2) is 23.3 Å². The molecule has 0 atom stereocenters. The van der Waals surface area contributed by atoms with Gasteiger partial charge in [0.1, 0.15) is 17.2 Å². The summed E-state index contributed by atoms with van der Waals surface area (Å²) in [6, 6.07) is 17.7. The molecule has 3 rings (SSSR count). The van der Waals surface area contributed by atoms with Gasteiger partial charge in [-0.3, -0.25) is 9.59 Å². The largest absolute Gasteiger partial charge is 0.321 e. The summed E-state index contributed by atoms with van der Waals surface area (Å²) < 4.78 is 13.3. The van der Waals surface area contributed by atoms with Crippen LogP contribution in [-0.2, 0) is 0 Å². The second kappa shape index (κ2) is 8.63. The minimum absolute atomic E-state index is 0.0652. The smallest absolute Gasteiger partial charge is 0.276 e. The van der Waals surface area contributed by atoms with Crippen molar-refractivity contribution < 1.29 is 14.0 Å². The molecule has 1 N–H and O–H groups in total. The van der Waals surface area contributed by atoms with Crippen molar-refractivity contribution in [3.05, 3.63) is 89.0 Å². The number of amides is 2. The van der Waals surface area contributed by atoms with Crippen LogP contribution in [0.3, 0.4) is 0 Å². The SMILES string of the molecule is CCN(C(=O)c1cccc(C(=O)Nc2ccc(F)c(Cl)c2)n1)c1ccccc1. The monoisotopic (exact) mass is 397 g/mol. The number of benzene rings is 2. The van der Waals surface area contributed by atoms with E-state index in [1.54, 1.807) is 17.0 Å². The quantitative estimate of drug-likeness (QED) is 0.673. The van der Waals surface area contributed by atoms with E-state index in [4.69, 9.17) is 11.6 Å². The molecule has 0 unspecified atom stereocenters. The maximum absolute atomic E-state index is 13.3.